The van der Waals surface area contributed by atoms with Gasteiger partial charge < -0.3 is 19.5 Å². The molecule has 0 unspecified atom stereocenters. The Bertz CT molecular complexity index is 1290. The minimum Gasteiger partial charge on any atom is -0.497 e. The number of ketones is 1. The van der Waals surface area contributed by atoms with Crippen LogP contribution in [0.5, 0.6) is 17.4 Å². The third kappa shape index (κ3) is 5.47. The van der Waals surface area contributed by atoms with Gasteiger partial charge in [-0.3, -0.25) is 9.59 Å². The fourth-order valence-corrected chi connectivity index (χ4v) is 3.10. The van der Waals surface area contributed by atoms with E-state index in [4.69, 9.17) is 14.2 Å². The number of nitrogens with zero attached hydrogens (tertiary/aromatic N) is 4. The molecule has 10 heteroatoms. The molecule has 0 atom stereocenters. The molecule has 0 saturated carbocycles. The van der Waals surface area contributed by atoms with Crippen molar-refractivity contribution in [2.75, 3.05) is 26.9 Å². The fourth-order valence-electron chi connectivity index (χ4n) is 3.10. The minimum absolute atomic E-state index is 0.0285. The highest BCUT2D eigenvalue weighted by atomic mass is 16.5. The minimum atomic E-state index is -0.289. The lowest BCUT2D eigenvalue weighted by Crippen LogP contribution is -2.32. The van der Waals surface area contributed by atoms with E-state index >= 15 is 0 Å². The number of nitrogens with one attached hydrogen (secondary N) is 1. The third-order valence-corrected chi connectivity index (χ3v) is 4.89. The van der Waals surface area contributed by atoms with Crippen molar-refractivity contribution >= 4 is 17.3 Å². The summed E-state index contributed by atoms with van der Waals surface area (Å²) in [5.41, 5.74) is 2.00. The summed E-state index contributed by atoms with van der Waals surface area (Å²) in [4.78, 5) is 23.3. The van der Waals surface area contributed by atoms with Gasteiger partial charge in [-0.1, -0.05) is 0 Å². The standard InChI is InChI=1S/C24H23N5O5/c1-16(30)17-3-9-20(10-4-17)34-15-22(31)25-13-14-33-23-12-11-21-26-27-24(29(21)28-23)18-5-7-19(32-2)8-6-18/h3-12H,13-15H2,1-2H3,(H,25,31). The van der Waals surface area contributed by atoms with E-state index in [0.29, 0.717) is 28.7 Å². The van der Waals surface area contributed by atoms with Gasteiger partial charge in [0.2, 0.25) is 5.88 Å². The van der Waals surface area contributed by atoms with Gasteiger partial charge in [0.05, 0.1) is 13.7 Å². The molecule has 2 heterocycles. The zero-order valence-corrected chi connectivity index (χ0v) is 18.7. The van der Waals surface area contributed by atoms with Crippen LogP contribution >= 0.6 is 0 Å². The highest BCUT2D eigenvalue weighted by molar-refractivity contribution is 5.94. The van der Waals surface area contributed by atoms with Gasteiger partial charge in [-0.05, 0) is 61.5 Å². The van der Waals surface area contributed by atoms with Crippen LogP contribution in [0.15, 0.2) is 60.7 Å². The fraction of sp³-hybridized carbons (Fsp3) is 0.208. The summed E-state index contributed by atoms with van der Waals surface area (Å²) in [6.07, 6.45) is 0. The summed E-state index contributed by atoms with van der Waals surface area (Å²) in [7, 11) is 1.61. The first kappa shape index (κ1) is 22.7. The molecular weight excluding hydrogens is 438 g/mol. The topological polar surface area (TPSA) is 117 Å². The Morgan fingerprint density at radius 2 is 1.65 bits per heavy atom. The van der Waals surface area contributed by atoms with Crippen molar-refractivity contribution < 1.29 is 23.8 Å². The van der Waals surface area contributed by atoms with Crippen molar-refractivity contribution in [1.29, 1.82) is 0 Å². The number of ether oxygens (including phenoxy) is 3. The zero-order valence-electron chi connectivity index (χ0n) is 18.7. The number of methoxy groups -OCH3 is 1. The van der Waals surface area contributed by atoms with E-state index < -0.39 is 0 Å². The molecule has 2 aromatic carbocycles. The first-order valence-corrected chi connectivity index (χ1v) is 10.5. The molecule has 0 aliphatic carbocycles. The smallest absolute Gasteiger partial charge is 0.258 e. The van der Waals surface area contributed by atoms with Crippen molar-refractivity contribution in [2.24, 2.45) is 0 Å². The SMILES string of the molecule is COc1ccc(-c2nnc3ccc(OCCNC(=O)COc4ccc(C(C)=O)cc4)nn23)cc1. The van der Waals surface area contributed by atoms with E-state index in [1.165, 1.54) is 6.92 Å². The van der Waals surface area contributed by atoms with Crippen LogP contribution in [-0.4, -0.2) is 58.4 Å². The van der Waals surface area contributed by atoms with Gasteiger partial charge in [0, 0.05) is 17.2 Å². The summed E-state index contributed by atoms with van der Waals surface area (Å²) in [6, 6.07) is 17.5. The maximum Gasteiger partial charge on any atom is 0.258 e. The summed E-state index contributed by atoms with van der Waals surface area (Å²) < 4.78 is 17.9. The van der Waals surface area contributed by atoms with E-state index in [1.54, 1.807) is 48.0 Å². The monoisotopic (exact) mass is 461 g/mol. The molecule has 0 aliphatic rings. The second kappa shape index (κ2) is 10.4. The van der Waals surface area contributed by atoms with Gasteiger partial charge in [0.15, 0.2) is 23.9 Å². The molecule has 0 radical (unpaired) electrons. The maximum absolute atomic E-state index is 12.0. The molecule has 0 fully saturated rings. The Hall–Kier alpha value is -4.47. The lowest BCUT2D eigenvalue weighted by molar-refractivity contribution is -0.123. The number of hydrogen-bond acceptors (Lipinski definition) is 8. The van der Waals surface area contributed by atoms with Crippen LogP contribution in [0.2, 0.25) is 0 Å². The second-order valence-corrected chi connectivity index (χ2v) is 7.26. The summed E-state index contributed by atoms with van der Waals surface area (Å²) >= 11 is 0. The summed E-state index contributed by atoms with van der Waals surface area (Å²) in [5.74, 6) is 1.88. The van der Waals surface area contributed by atoms with Gasteiger partial charge in [0.1, 0.15) is 18.1 Å². The quantitative estimate of drug-likeness (QED) is 0.283. The molecule has 1 amide bonds. The average molecular weight is 461 g/mol. The molecule has 0 spiro atoms. The first-order chi connectivity index (χ1) is 16.5. The molecule has 1 N–H and O–H groups in total. The average Bonchev–Trinajstić information content (AvgIpc) is 3.29. The Balaban J connectivity index is 1.27. The van der Waals surface area contributed by atoms with E-state index in [2.05, 4.69) is 20.6 Å². The van der Waals surface area contributed by atoms with Crippen molar-refractivity contribution in [1.82, 2.24) is 25.1 Å². The molecule has 0 bridgehead atoms. The molecule has 34 heavy (non-hydrogen) atoms. The third-order valence-electron chi connectivity index (χ3n) is 4.89. The van der Waals surface area contributed by atoms with Crippen LogP contribution in [0, 0.1) is 0 Å². The van der Waals surface area contributed by atoms with Gasteiger partial charge in [-0.2, -0.15) is 4.52 Å². The largest absolute Gasteiger partial charge is 0.497 e. The number of amides is 1. The summed E-state index contributed by atoms with van der Waals surface area (Å²) in [5, 5.41) is 15.5. The number of benzene rings is 2. The Morgan fingerprint density at radius 1 is 0.912 bits per heavy atom. The molecule has 0 aliphatic heterocycles. The zero-order chi connectivity index (χ0) is 23.9. The van der Waals surface area contributed by atoms with Crippen LogP contribution in [0.3, 0.4) is 0 Å². The molecule has 4 aromatic rings. The maximum atomic E-state index is 12.0. The molecule has 2 aromatic heterocycles. The van der Waals surface area contributed by atoms with Gasteiger partial charge >= 0.3 is 0 Å². The number of rotatable bonds is 10. The predicted molar refractivity (Wildman–Crippen MR) is 123 cm³/mol. The van der Waals surface area contributed by atoms with E-state index in [1.807, 2.05) is 24.3 Å². The molecule has 10 nitrogen and oxygen atoms in total. The van der Waals surface area contributed by atoms with Crippen molar-refractivity contribution in [2.45, 2.75) is 6.92 Å². The van der Waals surface area contributed by atoms with Crippen LogP contribution in [0.25, 0.3) is 17.0 Å². The predicted octanol–water partition coefficient (Wildman–Crippen LogP) is 2.58. The van der Waals surface area contributed by atoms with Crippen molar-refractivity contribution in [3.8, 4) is 28.8 Å². The Kier molecular flexibility index (Phi) is 6.97. The lowest BCUT2D eigenvalue weighted by Gasteiger charge is -2.09. The van der Waals surface area contributed by atoms with Crippen LogP contribution in [0.4, 0.5) is 0 Å². The summed E-state index contributed by atoms with van der Waals surface area (Å²) in [6.45, 7) is 1.84. The highest BCUT2D eigenvalue weighted by Crippen LogP contribution is 2.21. The van der Waals surface area contributed by atoms with Crippen LogP contribution < -0.4 is 19.5 Å². The normalized spacial score (nSPS) is 10.6. The highest BCUT2D eigenvalue weighted by Gasteiger charge is 2.11. The molecular formula is C24H23N5O5. The Labute approximate surface area is 195 Å². The second-order valence-electron chi connectivity index (χ2n) is 7.26. The van der Waals surface area contributed by atoms with E-state index in [-0.39, 0.29) is 31.4 Å². The van der Waals surface area contributed by atoms with Crippen LogP contribution in [-0.2, 0) is 4.79 Å². The molecule has 0 saturated heterocycles. The number of Topliss-reactive ketones (excluding diaryl/α,β-unsaturated/α-hetero) is 1. The molecule has 4 rings (SSSR count). The number of fused-ring (bicyclic) bond motifs is 1. The van der Waals surface area contributed by atoms with Gasteiger partial charge in [0.25, 0.3) is 5.91 Å². The first-order valence-electron chi connectivity index (χ1n) is 10.5. The molecule has 174 valence electrons. The van der Waals surface area contributed by atoms with Crippen molar-refractivity contribution in [3.63, 3.8) is 0 Å². The number of aromatic nitrogens is 4. The van der Waals surface area contributed by atoms with Gasteiger partial charge in [-0.15, -0.1) is 15.3 Å². The lowest BCUT2D eigenvalue weighted by atomic mass is 10.1. The van der Waals surface area contributed by atoms with E-state index in [0.717, 1.165) is 11.3 Å². The Morgan fingerprint density at radius 3 is 2.35 bits per heavy atom. The van der Waals surface area contributed by atoms with Crippen LogP contribution in [0.1, 0.15) is 17.3 Å². The van der Waals surface area contributed by atoms with E-state index in [9.17, 15) is 9.59 Å². The number of carbonyl (C=O) groups excluding carboxylic acids is 2. The number of carbonyl (C=O) groups is 2. The number of hydrogen-bond donors (Lipinski definition) is 1. The van der Waals surface area contributed by atoms with Gasteiger partial charge in [-0.25, -0.2) is 0 Å². The van der Waals surface area contributed by atoms with Crippen molar-refractivity contribution in [3.05, 3.63) is 66.2 Å².